The van der Waals surface area contributed by atoms with E-state index in [1.807, 2.05) is 26.0 Å². The lowest BCUT2D eigenvalue weighted by molar-refractivity contribution is -0.125. The van der Waals surface area contributed by atoms with E-state index in [0.717, 1.165) is 17.7 Å². The summed E-state index contributed by atoms with van der Waals surface area (Å²) in [6.45, 7) is 4.18. The molecule has 0 saturated heterocycles. The van der Waals surface area contributed by atoms with Crippen LogP contribution >= 0.6 is 0 Å². The number of hydrogen-bond acceptors (Lipinski definition) is 5. The number of carbonyl (C=O) groups is 3. The number of ether oxygens (including phenoxy) is 1. The summed E-state index contributed by atoms with van der Waals surface area (Å²) in [5, 5.41) is 5.50. The van der Waals surface area contributed by atoms with Crippen LogP contribution in [0.5, 0.6) is 5.75 Å². The molecule has 0 bridgehead atoms. The SMILES string of the molecule is COc1ccc(NC(=O)/C=C\C(=O)N(c2ccc(C(C)C)cc2)C(C(=O)NCc2ccco2)c2ccc(F)cc2)cc1. The number of amides is 3. The summed E-state index contributed by atoms with van der Waals surface area (Å²) >= 11 is 0. The van der Waals surface area contributed by atoms with Crippen molar-refractivity contribution in [1.29, 1.82) is 0 Å². The molecule has 1 atom stereocenters. The Labute approximate surface area is 243 Å². The van der Waals surface area contributed by atoms with Crippen LogP contribution in [0, 0.1) is 5.82 Å². The van der Waals surface area contributed by atoms with Crippen LogP contribution in [0.2, 0.25) is 0 Å². The Balaban J connectivity index is 1.67. The van der Waals surface area contributed by atoms with E-state index in [0.29, 0.717) is 28.4 Å². The molecule has 0 aliphatic carbocycles. The maximum atomic E-state index is 13.9. The second-order valence-electron chi connectivity index (χ2n) is 9.76. The van der Waals surface area contributed by atoms with Crippen LogP contribution in [-0.4, -0.2) is 24.8 Å². The lowest BCUT2D eigenvalue weighted by atomic mass is 10.0. The van der Waals surface area contributed by atoms with Gasteiger partial charge >= 0.3 is 0 Å². The third-order valence-corrected chi connectivity index (χ3v) is 6.52. The molecule has 3 aromatic carbocycles. The number of anilines is 2. The molecule has 216 valence electrons. The molecule has 8 nitrogen and oxygen atoms in total. The number of carbonyl (C=O) groups excluding carboxylic acids is 3. The van der Waals surface area contributed by atoms with Crippen molar-refractivity contribution in [3.63, 3.8) is 0 Å². The van der Waals surface area contributed by atoms with E-state index in [1.165, 1.54) is 35.4 Å². The van der Waals surface area contributed by atoms with Crippen LogP contribution in [0.15, 0.2) is 108 Å². The molecule has 2 N–H and O–H groups in total. The Kier molecular flexibility index (Phi) is 9.89. The first kappa shape index (κ1) is 29.8. The van der Waals surface area contributed by atoms with Crippen molar-refractivity contribution in [2.75, 3.05) is 17.3 Å². The highest BCUT2D eigenvalue weighted by Gasteiger charge is 2.32. The van der Waals surface area contributed by atoms with Gasteiger partial charge in [0.1, 0.15) is 23.4 Å². The van der Waals surface area contributed by atoms with E-state index >= 15 is 0 Å². The highest BCUT2D eigenvalue weighted by Crippen LogP contribution is 2.30. The van der Waals surface area contributed by atoms with Gasteiger partial charge in [0.05, 0.1) is 19.9 Å². The van der Waals surface area contributed by atoms with E-state index < -0.39 is 29.6 Å². The Hall–Kier alpha value is -5.18. The van der Waals surface area contributed by atoms with E-state index in [4.69, 9.17) is 9.15 Å². The van der Waals surface area contributed by atoms with Crippen LogP contribution in [-0.2, 0) is 20.9 Å². The average Bonchev–Trinajstić information content (AvgIpc) is 3.52. The van der Waals surface area contributed by atoms with Crippen LogP contribution in [0.25, 0.3) is 0 Å². The summed E-state index contributed by atoms with van der Waals surface area (Å²) in [5.41, 5.74) is 2.36. The van der Waals surface area contributed by atoms with Crippen LogP contribution in [0.1, 0.15) is 42.7 Å². The predicted molar refractivity (Wildman–Crippen MR) is 158 cm³/mol. The summed E-state index contributed by atoms with van der Waals surface area (Å²) in [7, 11) is 1.54. The fourth-order valence-electron chi connectivity index (χ4n) is 4.26. The Morgan fingerprint density at radius 1 is 0.905 bits per heavy atom. The molecule has 0 radical (unpaired) electrons. The van der Waals surface area contributed by atoms with E-state index in [9.17, 15) is 18.8 Å². The minimum Gasteiger partial charge on any atom is -0.497 e. The zero-order chi connectivity index (χ0) is 30.1. The van der Waals surface area contributed by atoms with Gasteiger partial charge in [0.15, 0.2) is 0 Å². The van der Waals surface area contributed by atoms with Crippen molar-refractivity contribution in [3.8, 4) is 5.75 Å². The van der Waals surface area contributed by atoms with Crippen molar-refractivity contribution < 1.29 is 27.9 Å². The zero-order valence-electron chi connectivity index (χ0n) is 23.5. The minimum absolute atomic E-state index is 0.0813. The standard InChI is InChI=1S/C33H32FN3O5/c1-22(2)23-8-14-27(15-9-23)37(31(39)19-18-30(38)36-26-12-16-28(41-3)17-13-26)32(24-6-10-25(34)11-7-24)33(40)35-21-29-5-4-20-42-29/h4-20,22,32H,21H2,1-3H3,(H,35,40)(H,36,38)/b19-18-. The predicted octanol–water partition coefficient (Wildman–Crippen LogP) is 6.14. The van der Waals surface area contributed by atoms with E-state index in [1.54, 1.807) is 55.6 Å². The van der Waals surface area contributed by atoms with Gasteiger partial charge in [0.25, 0.3) is 5.91 Å². The molecule has 1 aromatic heterocycles. The maximum Gasteiger partial charge on any atom is 0.252 e. The van der Waals surface area contributed by atoms with Crippen molar-refractivity contribution in [3.05, 3.63) is 126 Å². The van der Waals surface area contributed by atoms with Crippen LogP contribution in [0.4, 0.5) is 15.8 Å². The molecule has 9 heteroatoms. The summed E-state index contributed by atoms with van der Waals surface area (Å²) < 4.78 is 24.3. The van der Waals surface area contributed by atoms with Gasteiger partial charge in [-0.05, 0) is 77.7 Å². The normalized spacial score (nSPS) is 11.7. The molecular weight excluding hydrogens is 537 g/mol. The lowest BCUT2D eigenvalue weighted by Crippen LogP contribution is -2.43. The number of rotatable bonds is 11. The van der Waals surface area contributed by atoms with Gasteiger partial charge in [0, 0.05) is 23.5 Å². The largest absolute Gasteiger partial charge is 0.497 e. The number of nitrogens with zero attached hydrogens (tertiary/aromatic N) is 1. The van der Waals surface area contributed by atoms with E-state index in [2.05, 4.69) is 10.6 Å². The van der Waals surface area contributed by atoms with Gasteiger partial charge < -0.3 is 19.8 Å². The number of furan rings is 1. The van der Waals surface area contributed by atoms with Gasteiger partial charge in [-0.3, -0.25) is 19.3 Å². The fraction of sp³-hybridized carbons (Fsp3) is 0.182. The second kappa shape index (κ2) is 13.9. The smallest absolute Gasteiger partial charge is 0.252 e. The number of halogens is 1. The zero-order valence-corrected chi connectivity index (χ0v) is 23.5. The average molecular weight is 570 g/mol. The highest BCUT2D eigenvalue weighted by molar-refractivity contribution is 6.10. The summed E-state index contributed by atoms with van der Waals surface area (Å²) in [6, 6.07) is 21.6. The number of methoxy groups -OCH3 is 1. The molecule has 0 fully saturated rings. The topological polar surface area (TPSA) is 101 Å². The number of hydrogen-bond donors (Lipinski definition) is 2. The summed E-state index contributed by atoms with van der Waals surface area (Å²) in [6.07, 6.45) is 3.70. The van der Waals surface area contributed by atoms with Crippen LogP contribution in [0.3, 0.4) is 0 Å². The first-order chi connectivity index (χ1) is 20.2. The Bertz CT molecular complexity index is 1510. The van der Waals surface area contributed by atoms with Gasteiger partial charge in [0.2, 0.25) is 11.8 Å². The molecule has 3 amide bonds. The molecule has 4 rings (SSSR count). The molecule has 42 heavy (non-hydrogen) atoms. The molecule has 0 saturated carbocycles. The molecule has 4 aromatic rings. The minimum atomic E-state index is -1.19. The van der Waals surface area contributed by atoms with Gasteiger partial charge in [-0.2, -0.15) is 0 Å². The fourth-order valence-corrected chi connectivity index (χ4v) is 4.26. The molecule has 0 aliphatic rings. The second-order valence-corrected chi connectivity index (χ2v) is 9.76. The molecule has 1 heterocycles. The molecule has 1 unspecified atom stereocenters. The third kappa shape index (κ3) is 7.72. The maximum absolute atomic E-state index is 13.9. The molecule has 0 spiro atoms. The Morgan fingerprint density at radius 2 is 1.57 bits per heavy atom. The Morgan fingerprint density at radius 3 is 2.17 bits per heavy atom. The van der Waals surface area contributed by atoms with Crippen molar-refractivity contribution in [2.45, 2.75) is 32.4 Å². The highest BCUT2D eigenvalue weighted by atomic mass is 19.1. The molecular formula is C33H32FN3O5. The number of benzene rings is 3. The third-order valence-electron chi connectivity index (χ3n) is 6.52. The lowest BCUT2D eigenvalue weighted by Gasteiger charge is -2.31. The first-order valence-corrected chi connectivity index (χ1v) is 13.4. The monoisotopic (exact) mass is 569 g/mol. The summed E-state index contributed by atoms with van der Waals surface area (Å²) in [4.78, 5) is 41.4. The summed E-state index contributed by atoms with van der Waals surface area (Å²) in [5.74, 6) is -0.762. The van der Waals surface area contributed by atoms with Crippen LogP contribution < -0.4 is 20.3 Å². The molecule has 0 aliphatic heterocycles. The van der Waals surface area contributed by atoms with Crippen molar-refractivity contribution in [1.82, 2.24) is 5.32 Å². The van der Waals surface area contributed by atoms with Gasteiger partial charge in [-0.15, -0.1) is 0 Å². The number of nitrogens with one attached hydrogen (secondary N) is 2. The van der Waals surface area contributed by atoms with Crippen molar-refractivity contribution in [2.24, 2.45) is 0 Å². The first-order valence-electron chi connectivity index (χ1n) is 13.4. The quantitative estimate of drug-likeness (QED) is 0.212. The van der Waals surface area contributed by atoms with Gasteiger partial charge in [-0.1, -0.05) is 38.1 Å². The van der Waals surface area contributed by atoms with Gasteiger partial charge in [-0.25, -0.2) is 4.39 Å². The van der Waals surface area contributed by atoms with E-state index in [-0.39, 0.29) is 12.5 Å². The van der Waals surface area contributed by atoms with Crippen molar-refractivity contribution >= 4 is 29.1 Å².